The van der Waals surface area contributed by atoms with Crippen molar-refractivity contribution in [1.29, 1.82) is 0 Å². The smallest absolute Gasteiger partial charge is 0.180 e. The van der Waals surface area contributed by atoms with Crippen LogP contribution in [-0.2, 0) is 6.54 Å². The molecule has 0 unspecified atom stereocenters. The number of piperidine rings is 1. The lowest BCUT2D eigenvalue weighted by atomic mass is 10.1. The van der Waals surface area contributed by atoms with Crippen LogP contribution >= 0.6 is 11.3 Å². The average molecular weight is 304 g/mol. The van der Waals surface area contributed by atoms with E-state index in [0.717, 1.165) is 43.8 Å². The van der Waals surface area contributed by atoms with Crippen LogP contribution in [0.3, 0.4) is 0 Å². The average Bonchev–Trinajstić information content (AvgIpc) is 2.89. The van der Waals surface area contributed by atoms with E-state index in [9.17, 15) is 0 Å². The maximum atomic E-state index is 6.09. The highest BCUT2D eigenvalue weighted by Gasteiger charge is 2.21. The van der Waals surface area contributed by atoms with Crippen LogP contribution in [-0.4, -0.2) is 34.1 Å². The standard InChI is InChI=1S/C15H20N4OS/c1-11-8-17-5-2-14(11)20-12-3-6-19(7-4-12)10-13-9-18-15(16)21-13/h2,5,8-9,12H,3-4,6-7,10H2,1H3,(H2,16,18). The van der Waals surface area contributed by atoms with Gasteiger partial charge in [0.1, 0.15) is 11.9 Å². The Kier molecular flexibility index (Phi) is 4.36. The highest BCUT2D eigenvalue weighted by molar-refractivity contribution is 7.15. The Hall–Kier alpha value is -1.66. The molecule has 0 saturated carbocycles. The third-order valence-electron chi connectivity index (χ3n) is 3.75. The fourth-order valence-corrected chi connectivity index (χ4v) is 3.30. The van der Waals surface area contributed by atoms with Crippen LogP contribution in [0.4, 0.5) is 5.13 Å². The molecule has 1 fully saturated rings. The number of aryl methyl sites for hydroxylation is 1. The summed E-state index contributed by atoms with van der Waals surface area (Å²) in [4.78, 5) is 11.9. The molecule has 2 aromatic rings. The first kappa shape index (κ1) is 14.3. The first-order chi connectivity index (χ1) is 10.2. The van der Waals surface area contributed by atoms with E-state index in [2.05, 4.69) is 14.9 Å². The summed E-state index contributed by atoms with van der Waals surface area (Å²) in [7, 11) is 0. The third-order valence-corrected chi connectivity index (χ3v) is 4.56. The van der Waals surface area contributed by atoms with Gasteiger partial charge in [0.05, 0.1) is 0 Å². The third kappa shape index (κ3) is 3.71. The summed E-state index contributed by atoms with van der Waals surface area (Å²) in [5, 5.41) is 0.649. The fraction of sp³-hybridized carbons (Fsp3) is 0.467. The Morgan fingerprint density at radius 2 is 2.19 bits per heavy atom. The number of likely N-dealkylation sites (tertiary alicyclic amines) is 1. The summed E-state index contributed by atoms with van der Waals surface area (Å²) >= 11 is 1.57. The van der Waals surface area contributed by atoms with Crippen LogP contribution < -0.4 is 10.5 Å². The van der Waals surface area contributed by atoms with Crippen molar-refractivity contribution in [3.63, 3.8) is 0 Å². The van der Waals surface area contributed by atoms with Crippen molar-refractivity contribution in [3.8, 4) is 5.75 Å². The lowest BCUT2D eigenvalue weighted by Crippen LogP contribution is -2.37. The van der Waals surface area contributed by atoms with Gasteiger partial charge in [-0.1, -0.05) is 0 Å². The summed E-state index contributed by atoms with van der Waals surface area (Å²) in [6, 6.07) is 1.95. The molecule has 1 aliphatic heterocycles. The Morgan fingerprint density at radius 3 is 2.86 bits per heavy atom. The van der Waals surface area contributed by atoms with Gasteiger partial charge in [-0.3, -0.25) is 9.88 Å². The van der Waals surface area contributed by atoms with Crippen molar-refractivity contribution in [2.75, 3.05) is 18.8 Å². The van der Waals surface area contributed by atoms with Gasteiger partial charge in [-0.15, -0.1) is 11.3 Å². The van der Waals surface area contributed by atoms with E-state index in [4.69, 9.17) is 10.5 Å². The van der Waals surface area contributed by atoms with Gasteiger partial charge in [-0.05, 0) is 25.8 Å². The second-order valence-corrected chi connectivity index (χ2v) is 6.55. The minimum Gasteiger partial charge on any atom is -0.490 e. The molecule has 1 saturated heterocycles. The molecule has 0 bridgehead atoms. The van der Waals surface area contributed by atoms with E-state index in [0.29, 0.717) is 11.2 Å². The summed E-state index contributed by atoms with van der Waals surface area (Å²) in [6.07, 6.45) is 7.91. The Bertz CT molecular complexity index is 593. The van der Waals surface area contributed by atoms with Gasteiger partial charge < -0.3 is 10.5 Å². The number of hydrogen-bond acceptors (Lipinski definition) is 6. The Balaban J connectivity index is 1.50. The number of ether oxygens (including phenoxy) is 1. The number of rotatable bonds is 4. The summed E-state index contributed by atoms with van der Waals surface area (Å²) in [5.41, 5.74) is 6.77. The maximum absolute atomic E-state index is 6.09. The topological polar surface area (TPSA) is 64.3 Å². The molecule has 21 heavy (non-hydrogen) atoms. The van der Waals surface area contributed by atoms with Crippen molar-refractivity contribution < 1.29 is 4.74 Å². The molecule has 1 aliphatic rings. The number of pyridine rings is 1. The highest BCUT2D eigenvalue weighted by Crippen LogP contribution is 2.23. The van der Waals surface area contributed by atoms with E-state index >= 15 is 0 Å². The predicted octanol–water partition coefficient (Wildman–Crippen LogP) is 2.47. The van der Waals surface area contributed by atoms with Gasteiger partial charge in [0, 0.05) is 48.7 Å². The SMILES string of the molecule is Cc1cnccc1OC1CCN(Cc2cnc(N)s2)CC1. The van der Waals surface area contributed by atoms with Crippen LogP contribution in [0, 0.1) is 6.92 Å². The van der Waals surface area contributed by atoms with Gasteiger partial charge in [0.25, 0.3) is 0 Å². The first-order valence-corrected chi connectivity index (χ1v) is 8.02. The number of nitrogens with two attached hydrogens (primary N) is 1. The Morgan fingerprint density at radius 1 is 1.38 bits per heavy atom. The summed E-state index contributed by atoms with van der Waals surface area (Å²) in [5.74, 6) is 0.957. The molecule has 2 aromatic heterocycles. The number of thiazole rings is 1. The summed E-state index contributed by atoms with van der Waals surface area (Å²) in [6.45, 7) is 5.07. The minimum absolute atomic E-state index is 0.300. The number of aromatic nitrogens is 2. The van der Waals surface area contributed by atoms with E-state index in [1.54, 1.807) is 17.5 Å². The number of nitrogen functional groups attached to an aromatic ring is 1. The van der Waals surface area contributed by atoms with Crippen LogP contribution in [0.5, 0.6) is 5.75 Å². The highest BCUT2D eigenvalue weighted by atomic mass is 32.1. The molecule has 0 amide bonds. The van der Waals surface area contributed by atoms with Crippen LogP contribution in [0.2, 0.25) is 0 Å². The molecule has 0 atom stereocenters. The molecule has 2 N–H and O–H groups in total. The van der Waals surface area contributed by atoms with Crippen LogP contribution in [0.25, 0.3) is 0 Å². The van der Waals surface area contributed by atoms with Gasteiger partial charge in [0.15, 0.2) is 5.13 Å². The predicted molar refractivity (Wildman–Crippen MR) is 84.4 cm³/mol. The van der Waals surface area contributed by atoms with Crippen LogP contribution in [0.1, 0.15) is 23.3 Å². The molecule has 112 valence electrons. The molecule has 0 aromatic carbocycles. The zero-order valence-corrected chi connectivity index (χ0v) is 13.0. The maximum Gasteiger partial charge on any atom is 0.180 e. The Labute approximate surface area is 128 Å². The normalized spacial score (nSPS) is 17.0. The van der Waals surface area contributed by atoms with E-state index in [1.165, 1.54) is 4.88 Å². The molecule has 0 aliphatic carbocycles. The molecule has 0 spiro atoms. The quantitative estimate of drug-likeness (QED) is 0.940. The zero-order chi connectivity index (χ0) is 14.7. The van der Waals surface area contributed by atoms with Gasteiger partial charge in [0.2, 0.25) is 0 Å². The molecular formula is C15H20N4OS. The monoisotopic (exact) mass is 304 g/mol. The molecule has 3 heterocycles. The molecule has 0 radical (unpaired) electrons. The van der Waals surface area contributed by atoms with Crippen molar-refractivity contribution in [2.24, 2.45) is 0 Å². The summed E-state index contributed by atoms with van der Waals surface area (Å²) < 4.78 is 6.09. The number of anilines is 1. The number of nitrogens with zero attached hydrogens (tertiary/aromatic N) is 3. The van der Waals surface area contributed by atoms with Crippen molar-refractivity contribution in [1.82, 2.24) is 14.9 Å². The lowest BCUT2D eigenvalue weighted by Gasteiger charge is -2.32. The fourth-order valence-electron chi connectivity index (χ4n) is 2.57. The van der Waals surface area contributed by atoms with E-state index in [-0.39, 0.29) is 0 Å². The zero-order valence-electron chi connectivity index (χ0n) is 12.2. The van der Waals surface area contributed by atoms with Crippen LogP contribution in [0.15, 0.2) is 24.7 Å². The molecule has 3 rings (SSSR count). The second-order valence-electron chi connectivity index (χ2n) is 5.40. The largest absolute Gasteiger partial charge is 0.490 e. The van der Waals surface area contributed by atoms with E-state index < -0.39 is 0 Å². The molecule has 5 nitrogen and oxygen atoms in total. The molecular weight excluding hydrogens is 284 g/mol. The molecule has 6 heteroatoms. The van der Waals surface area contributed by atoms with Gasteiger partial charge >= 0.3 is 0 Å². The second kappa shape index (κ2) is 6.41. The lowest BCUT2D eigenvalue weighted by molar-refractivity contribution is 0.0967. The van der Waals surface area contributed by atoms with E-state index in [1.807, 2.05) is 25.4 Å². The van der Waals surface area contributed by atoms with Gasteiger partial charge in [-0.25, -0.2) is 4.98 Å². The van der Waals surface area contributed by atoms with Crippen molar-refractivity contribution >= 4 is 16.5 Å². The van der Waals surface area contributed by atoms with Crippen molar-refractivity contribution in [3.05, 3.63) is 35.1 Å². The minimum atomic E-state index is 0.300. The first-order valence-electron chi connectivity index (χ1n) is 7.20. The number of hydrogen-bond donors (Lipinski definition) is 1. The van der Waals surface area contributed by atoms with Gasteiger partial charge in [-0.2, -0.15) is 0 Å². The van der Waals surface area contributed by atoms with Crippen molar-refractivity contribution in [2.45, 2.75) is 32.4 Å².